The number of hydrogen-bond donors (Lipinski definition) is 2. The van der Waals surface area contributed by atoms with Crippen LogP contribution in [-0.2, 0) is 14.9 Å². The van der Waals surface area contributed by atoms with Crippen LogP contribution >= 0.6 is 11.6 Å². The number of nitrogens with zero attached hydrogens (tertiary/aromatic N) is 3. The SMILES string of the molecule is CCOC(=O)c1cnc2c(S(=O)(=O)O)cnn2c1Nc1cc(C)c(F)cc1Cl. The molecule has 1 aromatic carbocycles. The largest absolute Gasteiger partial charge is 0.462 e. The molecule has 3 aromatic rings. The topological polar surface area (TPSA) is 123 Å². The van der Waals surface area contributed by atoms with Crippen LogP contribution < -0.4 is 5.32 Å². The highest BCUT2D eigenvalue weighted by molar-refractivity contribution is 7.86. The molecule has 0 aliphatic heterocycles. The van der Waals surface area contributed by atoms with E-state index in [-0.39, 0.29) is 39.9 Å². The Morgan fingerprint density at radius 3 is 2.75 bits per heavy atom. The number of nitrogens with one attached hydrogen (secondary N) is 1. The first-order valence-corrected chi connectivity index (χ1v) is 9.69. The lowest BCUT2D eigenvalue weighted by Gasteiger charge is -2.14. The predicted octanol–water partition coefficient (Wildman–Crippen LogP) is 3.00. The molecule has 0 amide bonds. The number of ether oxygens (including phenoxy) is 1. The number of esters is 1. The predicted molar refractivity (Wildman–Crippen MR) is 98.2 cm³/mol. The van der Waals surface area contributed by atoms with Crippen LogP contribution in [0, 0.1) is 12.7 Å². The van der Waals surface area contributed by atoms with E-state index < -0.39 is 26.8 Å². The van der Waals surface area contributed by atoms with Gasteiger partial charge in [0.1, 0.15) is 11.4 Å². The van der Waals surface area contributed by atoms with Gasteiger partial charge in [-0.15, -0.1) is 0 Å². The second-order valence-corrected chi connectivity index (χ2v) is 7.46. The molecule has 0 radical (unpaired) electrons. The molecule has 0 aliphatic rings. The summed E-state index contributed by atoms with van der Waals surface area (Å²) < 4.78 is 52.1. The van der Waals surface area contributed by atoms with Crippen molar-refractivity contribution in [2.24, 2.45) is 0 Å². The number of rotatable bonds is 5. The molecule has 0 fully saturated rings. The summed E-state index contributed by atoms with van der Waals surface area (Å²) in [7, 11) is -4.60. The van der Waals surface area contributed by atoms with Gasteiger partial charge in [-0.2, -0.15) is 18.0 Å². The molecule has 2 aromatic heterocycles. The lowest BCUT2D eigenvalue weighted by molar-refractivity contribution is 0.0526. The van der Waals surface area contributed by atoms with Crippen LogP contribution in [0.2, 0.25) is 5.02 Å². The van der Waals surface area contributed by atoms with Crippen LogP contribution in [0.3, 0.4) is 0 Å². The summed E-state index contributed by atoms with van der Waals surface area (Å²) in [6.07, 6.45) is 1.96. The average Bonchev–Trinajstić information content (AvgIpc) is 3.04. The summed E-state index contributed by atoms with van der Waals surface area (Å²) in [5.41, 5.74) is 0.224. The van der Waals surface area contributed by atoms with Gasteiger partial charge >= 0.3 is 5.97 Å². The Bertz CT molecular complexity index is 1200. The highest BCUT2D eigenvalue weighted by Gasteiger charge is 2.24. The van der Waals surface area contributed by atoms with Gasteiger partial charge in [-0.25, -0.2) is 14.2 Å². The minimum Gasteiger partial charge on any atom is -0.462 e. The third-order valence-electron chi connectivity index (χ3n) is 3.77. The van der Waals surface area contributed by atoms with Gasteiger partial charge in [-0.1, -0.05) is 11.6 Å². The van der Waals surface area contributed by atoms with Crippen molar-refractivity contribution in [1.29, 1.82) is 0 Å². The molecular formula is C16H14ClFN4O5S. The van der Waals surface area contributed by atoms with E-state index in [1.165, 1.54) is 13.0 Å². The Hall–Kier alpha value is -2.76. The number of halogens is 2. The third kappa shape index (κ3) is 3.63. The lowest BCUT2D eigenvalue weighted by Crippen LogP contribution is -2.13. The molecule has 0 unspecified atom stereocenters. The van der Waals surface area contributed by atoms with Crippen molar-refractivity contribution >= 4 is 44.8 Å². The quantitative estimate of drug-likeness (QED) is 0.469. The molecule has 0 saturated heterocycles. The Morgan fingerprint density at radius 1 is 1.39 bits per heavy atom. The van der Waals surface area contributed by atoms with Gasteiger partial charge in [0.2, 0.25) is 0 Å². The number of benzene rings is 1. The van der Waals surface area contributed by atoms with E-state index in [2.05, 4.69) is 15.4 Å². The highest BCUT2D eigenvalue weighted by atomic mass is 35.5. The van der Waals surface area contributed by atoms with Crippen molar-refractivity contribution in [3.8, 4) is 0 Å². The fourth-order valence-electron chi connectivity index (χ4n) is 2.45. The van der Waals surface area contributed by atoms with Gasteiger partial charge in [-0.05, 0) is 31.5 Å². The van der Waals surface area contributed by atoms with E-state index in [1.54, 1.807) is 6.92 Å². The van der Waals surface area contributed by atoms with E-state index in [0.717, 1.165) is 23.0 Å². The summed E-state index contributed by atoms with van der Waals surface area (Å²) in [6, 6.07) is 2.50. The van der Waals surface area contributed by atoms with Crippen molar-refractivity contribution in [2.45, 2.75) is 18.7 Å². The monoisotopic (exact) mass is 428 g/mol. The maximum absolute atomic E-state index is 13.7. The molecular weight excluding hydrogens is 415 g/mol. The van der Waals surface area contributed by atoms with E-state index in [9.17, 15) is 22.2 Å². The molecule has 2 N–H and O–H groups in total. The first-order valence-electron chi connectivity index (χ1n) is 7.87. The molecule has 3 rings (SSSR count). The molecule has 0 spiro atoms. The number of hydrogen-bond acceptors (Lipinski definition) is 7. The molecule has 148 valence electrons. The number of fused-ring (bicyclic) bond motifs is 1. The zero-order chi connectivity index (χ0) is 20.6. The maximum atomic E-state index is 13.7. The Kier molecular flexibility index (Phi) is 5.24. The van der Waals surface area contributed by atoms with Crippen molar-refractivity contribution in [1.82, 2.24) is 14.6 Å². The fraction of sp³-hybridized carbons (Fsp3) is 0.188. The van der Waals surface area contributed by atoms with Gasteiger partial charge in [0.15, 0.2) is 16.4 Å². The number of aromatic nitrogens is 3. The second-order valence-electron chi connectivity index (χ2n) is 5.67. The van der Waals surface area contributed by atoms with Crippen LogP contribution in [0.5, 0.6) is 0 Å². The number of anilines is 2. The summed E-state index contributed by atoms with van der Waals surface area (Å²) in [4.78, 5) is 15.7. The minimum absolute atomic E-state index is 0.0185. The maximum Gasteiger partial charge on any atom is 0.343 e. The van der Waals surface area contributed by atoms with Crippen LogP contribution in [0.25, 0.3) is 5.65 Å². The van der Waals surface area contributed by atoms with Gasteiger partial charge in [0.25, 0.3) is 10.1 Å². The van der Waals surface area contributed by atoms with Gasteiger partial charge < -0.3 is 10.1 Å². The molecule has 0 atom stereocenters. The van der Waals surface area contributed by atoms with Crippen molar-refractivity contribution < 1.29 is 26.9 Å². The second kappa shape index (κ2) is 7.34. The standard InChI is InChI=1S/C16H14ClFN4O5S/c1-3-27-16(23)9-6-19-15-13(28(24,25)26)7-20-22(15)14(9)21-12-4-8(2)11(18)5-10(12)17/h4-7,21H,3H2,1-2H3,(H,24,25,26). The molecule has 2 heterocycles. The molecule has 0 bridgehead atoms. The van der Waals surface area contributed by atoms with E-state index in [0.29, 0.717) is 0 Å². The van der Waals surface area contributed by atoms with Gasteiger partial charge in [-0.3, -0.25) is 4.55 Å². The summed E-state index contributed by atoms with van der Waals surface area (Å²) in [5, 5.41) is 6.74. The number of carbonyl (C=O) groups excluding carboxylic acids is 1. The molecule has 9 nitrogen and oxygen atoms in total. The van der Waals surface area contributed by atoms with E-state index >= 15 is 0 Å². The van der Waals surface area contributed by atoms with Crippen molar-refractivity contribution in [3.05, 3.63) is 46.5 Å². The van der Waals surface area contributed by atoms with E-state index in [1.807, 2.05) is 0 Å². The molecule has 28 heavy (non-hydrogen) atoms. The highest BCUT2D eigenvalue weighted by Crippen LogP contribution is 2.31. The fourth-order valence-corrected chi connectivity index (χ4v) is 3.20. The summed E-state index contributed by atoms with van der Waals surface area (Å²) >= 11 is 6.07. The van der Waals surface area contributed by atoms with Crippen LogP contribution in [-0.4, -0.2) is 40.1 Å². The zero-order valence-electron chi connectivity index (χ0n) is 14.6. The van der Waals surface area contributed by atoms with Crippen LogP contribution in [0.4, 0.5) is 15.9 Å². The van der Waals surface area contributed by atoms with Crippen LogP contribution in [0.15, 0.2) is 29.4 Å². The molecule has 0 saturated carbocycles. The Morgan fingerprint density at radius 2 is 2.11 bits per heavy atom. The first-order chi connectivity index (χ1) is 13.1. The first kappa shape index (κ1) is 20.0. The smallest absolute Gasteiger partial charge is 0.343 e. The normalized spacial score (nSPS) is 11.6. The van der Waals surface area contributed by atoms with Gasteiger partial charge in [0, 0.05) is 6.20 Å². The van der Waals surface area contributed by atoms with Gasteiger partial charge in [0.05, 0.1) is 23.5 Å². The van der Waals surface area contributed by atoms with E-state index in [4.69, 9.17) is 16.3 Å². The van der Waals surface area contributed by atoms with Crippen molar-refractivity contribution in [3.63, 3.8) is 0 Å². The lowest BCUT2D eigenvalue weighted by atomic mass is 10.2. The summed E-state index contributed by atoms with van der Waals surface area (Å²) in [6.45, 7) is 3.22. The number of carbonyl (C=O) groups is 1. The average molecular weight is 429 g/mol. The minimum atomic E-state index is -4.60. The molecule has 12 heteroatoms. The zero-order valence-corrected chi connectivity index (χ0v) is 16.2. The Balaban J connectivity index is 2.25. The van der Waals surface area contributed by atoms with Crippen molar-refractivity contribution in [2.75, 3.05) is 11.9 Å². The molecule has 0 aliphatic carbocycles. The number of aryl methyl sites for hydroxylation is 1. The third-order valence-corrected chi connectivity index (χ3v) is 4.93. The Labute approximate surface area is 163 Å². The summed E-state index contributed by atoms with van der Waals surface area (Å²) in [5.74, 6) is -1.29. The van der Waals surface area contributed by atoms with Crippen LogP contribution in [0.1, 0.15) is 22.8 Å².